The summed E-state index contributed by atoms with van der Waals surface area (Å²) >= 11 is 0. The summed E-state index contributed by atoms with van der Waals surface area (Å²) in [5.41, 5.74) is 2.28. The Kier molecular flexibility index (Phi) is 4.43. The fourth-order valence-corrected chi connectivity index (χ4v) is 2.42. The number of hydrogen-bond donors (Lipinski definition) is 3. The highest BCUT2D eigenvalue weighted by Crippen LogP contribution is 2.13. The first kappa shape index (κ1) is 15.9. The van der Waals surface area contributed by atoms with Crippen LogP contribution >= 0.6 is 0 Å². The molecule has 7 nitrogen and oxygen atoms in total. The lowest BCUT2D eigenvalue weighted by molar-refractivity contribution is 0.0916. The number of aliphatic hydroxyl groups excluding tert-OH is 1. The molecule has 2 heterocycles. The summed E-state index contributed by atoms with van der Waals surface area (Å²) in [4.78, 5) is 23.7. The van der Waals surface area contributed by atoms with Crippen LogP contribution in [0.4, 0.5) is 0 Å². The lowest BCUT2D eigenvalue weighted by atomic mass is 10.1. The molecule has 2 aromatic heterocycles. The standard InChI is InChI=1S/C17H18N4O3/c1-2-11-3-5-12(6-4-11)14(22)9-18-16(23)13-7-8-15-19-20-17(24)21(15)10-13/h3-8,10,14,22H,2,9H2,1H3,(H,18,23)(H,20,24). The van der Waals surface area contributed by atoms with Gasteiger partial charge < -0.3 is 10.4 Å². The van der Waals surface area contributed by atoms with Crippen molar-refractivity contribution in [1.82, 2.24) is 19.9 Å². The van der Waals surface area contributed by atoms with Crippen LogP contribution in [0, 0.1) is 0 Å². The number of aromatic amines is 1. The summed E-state index contributed by atoms with van der Waals surface area (Å²) in [6.45, 7) is 2.15. The average Bonchev–Trinajstić information content (AvgIpc) is 3.00. The van der Waals surface area contributed by atoms with E-state index >= 15 is 0 Å². The first-order chi connectivity index (χ1) is 11.6. The summed E-state index contributed by atoms with van der Waals surface area (Å²) in [5, 5.41) is 19.0. The lowest BCUT2D eigenvalue weighted by Gasteiger charge is -2.13. The third-order valence-corrected chi connectivity index (χ3v) is 3.90. The Balaban J connectivity index is 1.67. The second kappa shape index (κ2) is 6.67. The number of aromatic nitrogens is 3. The van der Waals surface area contributed by atoms with Gasteiger partial charge >= 0.3 is 5.69 Å². The summed E-state index contributed by atoms with van der Waals surface area (Å²) in [5.74, 6) is -0.366. The van der Waals surface area contributed by atoms with Gasteiger partial charge in [-0.15, -0.1) is 0 Å². The highest BCUT2D eigenvalue weighted by molar-refractivity contribution is 5.94. The van der Waals surface area contributed by atoms with Crippen molar-refractivity contribution in [2.75, 3.05) is 6.54 Å². The highest BCUT2D eigenvalue weighted by Gasteiger charge is 2.12. The van der Waals surface area contributed by atoms with E-state index in [9.17, 15) is 14.7 Å². The number of hydrogen-bond acceptors (Lipinski definition) is 4. The molecule has 1 unspecified atom stereocenters. The first-order valence-corrected chi connectivity index (χ1v) is 7.70. The second-order valence-corrected chi connectivity index (χ2v) is 5.50. The predicted octanol–water partition coefficient (Wildman–Crippen LogP) is 1.05. The fraction of sp³-hybridized carbons (Fsp3) is 0.235. The van der Waals surface area contributed by atoms with Crippen LogP contribution in [0.15, 0.2) is 47.4 Å². The highest BCUT2D eigenvalue weighted by atomic mass is 16.3. The molecule has 0 aliphatic heterocycles. The molecule has 0 aliphatic rings. The molecule has 3 N–H and O–H groups in total. The van der Waals surface area contributed by atoms with Crippen LogP contribution in [-0.4, -0.2) is 32.2 Å². The van der Waals surface area contributed by atoms with Crippen molar-refractivity contribution in [1.29, 1.82) is 0 Å². The minimum atomic E-state index is -0.791. The van der Waals surface area contributed by atoms with E-state index in [2.05, 4.69) is 22.4 Å². The number of nitrogens with one attached hydrogen (secondary N) is 2. The Morgan fingerprint density at radius 3 is 2.75 bits per heavy atom. The van der Waals surface area contributed by atoms with E-state index in [1.54, 1.807) is 12.1 Å². The molecular weight excluding hydrogens is 308 g/mol. The SMILES string of the molecule is CCc1ccc(C(O)CNC(=O)c2ccc3n[nH]c(=O)n3c2)cc1. The van der Waals surface area contributed by atoms with Gasteiger partial charge in [0.25, 0.3) is 5.91 Å². The molecule has 3 aromatic rings. The van der Waals surface area contributed by atoms with Crippen molar-refractivity contribution >= 4 is 11.6 Å². The topological polar surface area (TPSA) is 99.5 Å². The summed E-state index contributed by atoms with van der Waals surface area (Å²) in [6.07, 6.45) is 1.56. The van der Waals surface area contributed by atoms with Crippen LogP contribution in [-0.2, 0) is 6.42 Å². The largest absolute Gasteiger partial charge is 0.387 e. The van der Waals surface area contributed by atoms with Gasteiger partial charge in [-0.05, 0) is 29.7 Å². The first-order valence-electron chi connectivity index (χ1n) is 7.70. The molecule has 7 heteroatoms. The molecule has 1 aromatic carbocycles. The minimum Gasteiger partial charge on any atom is -0.387 e. The zero-order chi connectivity index (χ0) is 17.1. The number of pyridine rings is 1. The van der Waals surface area contributed by atoms with E-state index in [-0.39, 0.29) is 12.5 Å². The van der Waals surface area contributed by atoms with Gasteiger partial charge in [-0.2, -0.15) is 5.10 Å². The number of carbonyl (C=O) groups is 1. The zero-order valence-corrected chi connectivity index (χ0v) is 13.2. The Morgan fingerprint density at radius 1 is 1.29 bits per heavy atom. The Hall–Kier alpha value is -2.93. The van der Waals surface area contributed by atoms with E-state index < -0.39 is 11.8 Å². The van der Waals surface area contributed by atoms with Crippen LogP contribution in [0.1, 0.15) is 34.5 Å². The van der Waals surface area contributed by atoms with Gasteiger partial charge in [0.2, 0.25) is 0 Å². The predicted molar refractivity (Wildman–Crippen MR) is 88.9 cm³/mol. The van der Waals surface area contributed by atoms with Crippen molar-refractivity contribution in [2.45, 2.75) is 19.4 Å². The quantitative estimate of drug-likeness (QED) is 0.652. The number of rotatable bonds is 5. The summed E-state index contributed by atoms with van der Waals surface area (Å²) in [7, 11) is 0. The Bertz CT molecular complexity index is 911. The number of benzene rings is 1. The van der Waals surface area contributed by atoms with E-state index in [1.807, 2.05) is 24.3 Å². The second-order valence-electron chi connectivity index (χ2n) is 5.50. The molecule has 3 rings (SSSR count). The zero-order valence-electron chi connectivity index (χ0n) is 13.2. The van der Waals surface area contributed by atoms with Gasteiger partial charge in [0.05, 0.1) is 11.7 Å². The van der Waals surface area contributed by atoms with Crippen molar-refractivity contribution in [3.05, 3.63) is 69.8 Å². The minimum absolute atomic E-state index is 0.0859. The van der Waals surface area contributed by atoms with Crippen molar-refractivity contribution in [3.8, 4) is 0 Å². The van der Waals surface area contributed by atoms with E-state index in [0.29, 0.717) is 11.2 Å². The number of nitrogens with zero attached hydrogens (tertiary/aromatic N) is 2. The normalized spacial score (nSPS) is 12.2. The van der Waals surface area contributed by atoms with Crippen molar-refractivity contribution in [3.63, 3.8) is 0 Å². The number of aryl methyl sites for hydroxylation is 1. The van der Waals surface area contributed by atoms with Crippen molar-refractivity contribution in [2.24, 2.45) is 0 Å². The maximum absolute atomic E-state index is 12.2. The molecule has 0 aliphatic carbocycles. The molecular formula is C17H18N4O3. The summed E-state index contributed by atoms with van der Waals surface area (Å²) in [6, 6.07) is 10.8. The maximum Gasteiger partial charge on any atom is 0.347 e. The molecule has 0 fully saturated rings. The van der Waals surface area contributed by atoms with Gasteiger partial charge in [-0.25, -0.2) is 14.3 Å². The van der Waals surface area contributed by atoms with E-state index in [4.69, 9.17) is 0 Å². The van der Waals surface area contributed by atoms with E-state index in [0.717, 1.165) is 12.0 Å². The lowest BCUT2D eigenvalue weighted by Crippen LogP contribution is -2.28. The fourth-order valence-electron chi connectivity index (χ4n) is 2.42. The Labute approximate surface area is 138 Å². The molecule has 1 atom stereocenters. The number of amides is 1. The van der Waals surface area contributed by atoms with E-state index in [1.165, 1.54) is 16.2 Å². The van der Waals surface area contributed by atoms with Gasteiger partial charge in [-0.1, -0.05) is 31.2 Å². The van der Waals surface area contributed by atoms with Gasteiger partial charge in [0.1, 0.15) is 0 Å². The molecule has 0 radical (unpaired) electrons. The molecule has 124 valence electrons. The molecule has 0 bridgehead atoms. The average molecular weight is 326 g/mol. The molecule has 0 saturated heterocycles. The molecule has 24 heavy (non-hydrogen) atoms. The molecule has 0 saturated carbocycles. The summed E-state index contributed by atoms with van der Waals surface area (Å²) < 4.78 is 1.26. The van der Waals surface area contributed by atoms with Crippen LogP contribution in [0.25, 0.3) is 5.65 Å². The van der Waals surface area contributed by atoms with Gasteiger partial charge in [0, 0.05) is 12.7 Å². The maximum atomic E-state index is 12.2. The number of H-pyrrole nitrogens is 1. The van der Waals surface area contributed by atoms with Crippen LogP contribution < -0.4 is 11.0 Å². The van der Waals surface area contributed by atoms with Gasteiger partial charge in [-0.3, -0.25) is 4.79 Å². The molecule has 1 amide bonds. The monoisotopic (exact) mass is 326 g/mol. The number of aliphatic hydroxyl groups is 1. The van der Waals surface area contributed by atoms with Crippen LogP contribution in [0.5, 0.6) is 0 Å². The van der Waals surface area contributed by atoms with Gasteiger partial charge in [0.15, 0.2) is 5.65 Å². The number of carbonyl (C=O) groups excluding carboxylic acids is 1. The Morgan fingerprint density at radius 2 is 2.04 bits per heavy atom. The third-order valence-electron chi connectivity index (χ3n) is 3.90. The van der Waals surface area contributed by atoms with Crippen LogP contribution in [0.3, 0.4) is 0 Å². The third kappa shape index (κ3) is 3.21. The van der Waals surface area contributed by atoms with Crippen molar-refractivity contribution < 1.29 is 9.90 Å². The smallest absolute Gasteiger partial charge is 0.347 e. The molecule has 0 spiro atoms. The number of fused-ring (bicyclic) bond motifs is 1. The van der Waals surface area contributed by atoms with Crippen LogP contribution in [0.2, 0.25) is 0 Å².